The molecule has 0 aliphatic rings. The summed E-state index contributed by atoms with van der Waals surface area (Å²) < 4.78 is 17.5. The van der Waals surface area contributed by atoms with E-state index in [0.29, 0.717) is 34.8 Å². The van der Waals surface area contributed by atoms with Gasteiger partial charge >= 0.3 is 5.97 Å². The quantitative estimate of drug-likeness (QED) is 0.733. The Morgan fingerprint density at radius 3 is 2.40 bits per heavy atom. The van der Waals surface area contributed by atoms with Crippen LogP contribution in [0.4, 0.5) is 0 Å². The first-order chi connectivity index (χ1) is 12.1. The number of hydrogen-bond acceptors (Lipinski definition) is 6. The van der Waals surface area contributed by atoms with Gasteiger partial charge in [0, 0.05) is 6.20 Å². The van der Waals surface area contributed by atoms with Crippen LogP contribution in [0.3, 0.4) is 0 Å². The third kappa shape index (κ3) is 2.93. The van der Waals surface area contributed by atoms with Crippen LogP contribution in [-0.4, -0.2) is 47.2 Å². The van der Waals surface area contributed by atoms with Crippen molar-refractivity contribution in [3.05, 3.63) is 41.7 Å². The highest BCUT2D eigenvalue weighted by atomic mass is 16.5. The predicted molar refractivity (Wildman–Crippen MR) is 89.7 cm³/mol. The van der Waals surface area contributed by atoms with Crippen LogP contribution in [0.2, 0.25) is 0 Å². The van der Waals surface area contributed by atoms with Gasteiger partial charge in [-0.1, -0.05) is 0 Å². The zero-order valence-electron chi connectivity index (χ0n) is 14.0. The van der Waals surface area contributed by atoms with Crippen LogP contribution in [0.25, 0.3) is 11.0 Å². The van der Waals surface area contributed by atoms with Crippen molar-refractivity contribution in [1.82, 2.24) is 14.8 Å². The number of rotatable bonds is 6. The Labute approximate surface area is 143 Å². The second-order valence-corrected chi connectivity index (χ2v) is 5.22. The predicted octanol–water partition coefficient (Wildman–Crippen LogP) is 2.20. The Morgan fingerprint density at radius 1 is 1.16 bits per heavy atom. The van der Waals surface area contributed by atoms with E-state index in [4.69, 9.17) is 14.2 Å². The van der Waals surface area contributed by atoms with Crippen LogP contribution in [0.1, 0.15) is 16.1 Å². The van der Waals surface area contributed by atoms with Crippen LogP contribution < -0.4 is 14.2 Å². The molecule has 0 aliphatic heterocycles. The van der Waals surface area contributed by atoms with Gasteiger partial charge in [0.05, 0.1) is 33.3 Å². The van der Waals surface area contributed by atoms with E-state index in [1.807, 2.05) is 0 Å². The Balaban J connectivity index is 2.09. The first kappa shape index (κ1) is 16.6. The molecule has 8 nitrogen and oxygen atoms in total. The molecule has 2 heterocycles. The normalized spacial score (nSPS) is 10.7. The number of aromatic carboxylic acids is 1. The van der Waals surface area contributed by atoms with E-state index in [1.54, 1.807) is 35.1 Å². The maximum Gasteiger partial charge on any atom is 0.357 e. The molecule has 0 saturated heterocycles. The lowest BCUT2D eigenvalue weighted by molar-refractivity contribution is 0.0691. The summed E-state index contributed by atoms with van der Waals surface area (Å²) in [6.07, 6.45) is 1.60. The molecule has 3 rings (SSSR count). The molecule has 3 aromatic rings. The van der Waals surface area contributed by atoms with Crippen LogP contribution in [-0.2, 0) is 6.54 Å². The molecule has 0 saturated carbocycles. The molecular formula is C17H17N3O5. The zero-order chi connectivity index (χ0) is 18.0. The van der Waals surface area contributed by atoms with Crippen molar-refractivity contribution in [2.75, 3.05) is 21.3 Å². The molecule has 0 amide bonds. The number of aromatic nitrogens is 3. The lowest BCUT2D eigenvalue weighted by atomic mass is 10.2. The second kappa shape index (κ2) is 6.68. The lowest BCUT2D eigenvalue weighted by Crippen LogP contribution is -2.06. The molecule has 1 N–H and O–H groups in total. The fourth-order valence-corrected chi connectivity index (χ4v) is 2.68. The molecule has 0 atom stereocenters. The summed E-state index contributed by atoms with van der Waals surface area (Å²) in [4.78, 5) is 15.7. The average Bonchev–Trinajstić information content (AvgIpc) is 2.99. The van der Waals surface area contributed by atoms with E-state index in [-0.39, 0.29) is 5.69 Å². The molecule has 0 aliphatic carbocycles. The summed E-state index contributed by atoms with van der Waals surface area (Å²) >= 11 is 0. The minimum Gasteiger partial charge on any atom is -0.493 e. The van der Waals surface area contributed by atoms with E-state index < -0.39 is 5.97 Å². The summed E-state index contributed by atoms with van der Waals surface area (Å²) in [7, 11) is 4.60. The number of hydrogen-bond donors (Lipinski definition) is 1. The third-order valence-electron chi connectivity index (χ3n) is 3.77. The first-order valence-electron chi connectivity index (χ1n) is 7.42. The minimum atomic E-state index is -1.10. The van der Waals surface area contributed by atoms with Gasteiger partial charge in [-0.05, 0) is 29.8 Å². The smallest absolute Gasteiger partial charge is 0.357 e. The highest BCUT2D eigenvalue weighted by Crippen LogP contribution is 2.38. The number of carboxylic acids is 1. The van der Waals surface area contributed by atoms with Gasteiger partial charge in [-0.3, -0.25) is 0 Å². The van der Waals surface area contributed by atoms with Crippen LogP contribution in [0, 0.1) is 0 Å². The second-order valence-electron chi connectivity index (χ2n) is 5.22. The molecule has 0 bridgehead atoms. The summed E-state index contributed by atoms with van der Waals surface area (Å²) in [6.45, 7) is 0.303. The van der Waals surface area contributed by atoms with Crippen LogP contribution in [0.15, 0.2) is 30.5 Å². The summed E-state index contributed by atoms with van der Waals surface area (Å²) in [6, 6.07) is 6.95. The van der Waals surface area contributed by atoms with Gasteiger partial charge in [-0.2, -0.15) is 5.10 Å². The van der Waals surface area contributed by atoms with Gasteiger partial charge in [0.15, 0.2) is 22.8 Å². The van der Waals surface area contributed by atoms with E-state index in [0.717, 1.165) is 5.56 Å². The summed E-state index contributed by atoms with van der Waals surface area (Å²) in [5.41, 5.74) is 1.27. The van der Waals surface area contributed by atoms with Crippen molar-refractivity contribution in [3.8, 4) is 17.2 Å². The molecule has 0 spiro atoms. The number of carbonyl (C=O) groups is 1. The van der Waals surface area contributed by atoms with Crippen molar-refractivity contribution in [3.63, 3.8) is 0 Å². The van der Waals surface area contributed by atoms with Crippen LogP contribution >= 0.6 is 0 Å². The van der Waals surface area contributed by atoms with Crippen molar-refractivity contribution in [2.45, 2.75) is 6.54 Å². The number of ether oxygens (including phenoxy) is 3. The Morgan fingerprint density at radius 2 is 1.84 bits per heavy atom. The fraction of sp³-hybridized carbons (Fsp3) is 0.235. The zero-order valence-corrected chi connectivity index (χ0v) is 14.0. The largest absolute Gasteiger partial charge is 0.493 e. The topological polar surface area (TPSA) is 95.7 Å². The molecule has 2 aromatic heterocycles. The van der Waals surface area contributed by atoms with E-state index >= 15 is 0 Å². The molecule has 0 unspecified atom stereocenters. The van der Waals surface area contributed by atoms with Crippen molar-refractivity contribution < 1.29 is 24.1 Å². The molecule has 130 valence electrons. The van der Waals surface area contributed by atoms with Gasteiger partial charge in [0.1, 0.15) is 0 Å². The van der Waals surface area contributed by atoms with Gasteiger partial charge < -0.3 is 19.3 Å². The van der Waals surface area contributed by atoms with Crippen LogP contribution in [0.5, 0.6) is 17.2 Å². The minimum absolute atomic E-state index is 0.0319. The molecule has 0 fully saturated rings. The number of fused-ring (bicyclic) bond motifs is 1. The highest BCUT2D eigenvalue weighted by molar-refractivity contribution is 5.99. The number of carboxylic acid groups (broad SMARTS) is 1. The maximum atomic E-state index is 11.4. The van der Waals surface area contributed by atoms with E-state index in [2.05, 4.69) is 10.1 Å². The highest BCUT2D eigenvalue weighted by Gasteiger charge is 2.18. The Kier molecular flexibility index (Phi) is 4.42. The maximum absolute atomic E-state index is 11.4. The molecule has 25 heavy (non-hydrogen) atoms. The fourth-order valence-electron chi connectivity index (χ4n) is 2.68. The Bertz CT molecular complexity index is 910. The van der Waals surface area contributed by atoms with Gasteiger partial charge in [-0.25, -0.2) is 14.5 Å². The lowest BCUT2D eigenvalue weighted by Gasteiger charge is -2.14. The standard InChI is InChI=1S/C17H17N3O5/c1-23-12-7-10(8-13(24-2)15(12)25-3)9-20-16-11(5-4-6-18-16)14(19-20)17(21)22/h4-8H,9H2,1-3H3,(H,21,22). The van der Waals surface area contributed by atoms with Crippen molar-refractivity contribution in [2.24, 2.45) is 0 Å². The summed E-state index contributed by atoms with van der Waals surface area (Å²) in [5.74, 6) is 0.421. The number of methoxy groups -OCH3 is 3. The van der Waals surface area contributed by atoms with Gasteiger partial charge in [-0.15, -0.1) is 0 Å². The van der Waals surface area contributed by atoms with Crippen molar-refractivity contribution in [1.29, 1.82) is 0 Å². The molecule has 8 heteroatoms. The van der Waals surface area contributed by atoms with E-state index in [9.17, 15) is 9.90 Å². The molecular weight excluding hydrogens is 326 g/mol. The van der Waals surface area contributed by atoms with E-state index in [1.165, 1.54) is 21.3 Å². The van der Waals surface area contributed by atoms with Gasteiger partial charge in [0.25, 0.3) is 0 Å². The number of benzene rings is 1. The van der Waals surface area contributed by atoms with Gasteiger partial charge in [0.2, 0.25) is 5.75 Å². The Hall–Kier alpha value is -3.29. The first-order valence-corrected chi connectivity index (χ1v) is 7.42. The SMILES string of the molecule is COc1cc(Cn2nc(C(=O)O)c3cccnc32)cc(OC)c1OC. The average molecular weight is 343 g/mol. The monoisotopic (exact) mass is 343 g/mol. The molecule has 1 aromatic carbocycles. The number of nitrogens with zero attached hydrogens (tertiary/aromatic N) is 3. The number of pyridine rings is 1. The van der Waals surface area contributed by atoms with Crippen molar-refractivity contribution >= 4 is 17.0 Å². The third-order valence-corrected chi connectivity index (χ3v) is 3.77. The molecule has 0 radical (unpaired) electrons. The summed E-state index contributed by atoms with van der Waals surface area (Å²) in [5, 5.41) is 14.0.